The van der Waals surface area contributed by atoms with Gasteiger partial charge in [-0.15, -0.1) is 0 Å². The number of rotatable bonds is 4. The summed E-state index contributed by atoms with van der Waals surface area (Å²) >= 11 is 1.16. The average molecular weight is 277 g/mol. The smallest absolute Gasteiger partial charge is 0.304 e. The van der Waals surface area contributed by atoms with Gasteiger partial charge in [0.05, 0.1) is 6.54 Å². The molecule has 7 heteroatoms. The summed E-state index contributed by atoms with van der Waals surface area (Å²) in [5.41, 5.74) is 7.61. The summed E-state index contributed by atoms with van der Waals surface area (Å²) in [6, 6.07) is 0. The van der Waals surface area contributed by atoms with Crippen molar-refractivity contribution in [3.8, 4) is 0 Å². The normalized spacial score (nSPS) is 14.6. The van der Waals surface area contributed by atoms with E-state index in [0.29, 0.717) is 18.3 Å². The van der Waals surface area contributed by atoms with Gasteiger partial charge >= 0.3 is 4.87 Å². The molecule has 100 valence electrons. The van der Waals surface area contributed by atoms with Gasteiger partial charge in [0, 0.05) is 22.6 Å². The Hall–Kier alpha value is -1.89. The first-order valence-corrected chi connectivity index (χ1v) is 7.06. The predicted molar refractivity (Wildman–Crippen MR) is 75.4 cm³/mol. The molecule has 2 heterocycles. The maximum Gasteiger partial charge on any atom is 0.304 e. The van der Waals surface area contributed by atoms with E-state index in [1.807, 2.05) is 6.92 Å². The molecule has 4 N–H and O–H groups in total. The van der Waals surface area contributed by atoms with E-state index in [-0.39, 0.29) is 4.87 Å². The van der Waals surface area contributed by atoms with Crippen LogP contribution in [0.2, 0.25) is 0 Å². The third kappa shape index (κ3) is 2.60. The zero-order chi connectivity index (χ0) is 13.4. The van der Waals surface area contributed by atoms with Gasteiger partial charge in [-0.25, -0.2) is 9.97 Å². The van der Waals surface area contributed by atoms with Crippen molar-refractivity contribution in [2.75, 3.05) is 11.1 Å². The van der Waals surface area contributed by atoms with Gasteiger partial charge < -0.3 is 16.0 Å². The Morgan fingerprint density at radius 1 is 1.53 bits per heavy atom. The summed E-state index contributed by atoms with van der Waals surface area (Å²) in [5, 5.41) is 5.01. The molecule has 0 saturated heterocycles. The Morgan fingerprint density at radius 2 is 2.32 bits per heavy atom. The highest BCUT2D eigenvalue weighted by Crippen LogP contribution is 2.39. The molecule has 1 fully saturated rings. The number of nitrogen functional groups attached to an aromatic ring is 1. The molecule has 0 spiro atoms. The number of H-pyrrole nitrogens is 1. The fourth-order valence-corrected chi connectivity index (χ4v) is 2.41. The lowest BCUT2D eigenvalue weighted by Gasteiger charge is -2.11. The van der Waals surface area contributed by atoms with Crippen molar-refractivity contribution in [1.29, 1.82) is 0 Å². The molecule has 1 saturated carbocycles. The number of aromatic nitrogens is 3. The van der Waals surface area contributed by atoms with Crippen molar-refractivity contribution in [2.45, 2.75) is 32.2 Å². The van der Waals surface area contributed by atoms with E-state index in [4.69, 9.17) is 5.73 Å². The fraction of sp³-hybridized carbons (Fsp3) is 0.417. The van der Waals surface area contributed by atoms with Crippen molar-refractivity contribution >= 4 is 23.0 Å². The molecule has 0 amide bonds. The molecule has 1 aliphatic rings. The van der Waals surface area contributed by atoms with Gasteiger partial charge in [-0.1, -0.05) is 11.3 Å². The van der Waals surface area contributed by atoms with Crippen LogP contribution in [-0.4, -0.2) is 15.0 Å². The Kier molecular flexibility index (Phi) is 2.98. The van der Waals surface area contributed by atoms with Crippen LogP contribution in [0, 0.1) is 6.92 Å². The zero-order valence-corrected chi connectivity index (χ0v) is 11.4. The molecule has 0 bridgehead atoms. The van der Waals surface area contributed by atoms with Gasteiger partial charge in [-0.05, 0) is 19.8 Å². The zero-order valence-electron chi connectivity index (χ0n) is 10.6. The first-order chi connectivity index (χ1) is 9.13. The van der Waals surface area contributed by atoms with Crippen molar-refractivity contribution in [3.63, 3.8) is 0 Å². The van der Waals surface area contributed by atoms with Crippen molar-refractivity contribution in [3.05, 3.63) is 32.1 Å². The summed E-state index contributed by atoms with van der Waals surface area (Å²) in [6.45, 7) is 2.42. The molecule has 6 nitrogen and oxygen atoms in total. The molecule has 0 unspecified atom stereocenters. The summed E-state index contributed by atoms with van der Waals surface area (Å²) in [4.78, 5) is 22.6. The lowest BCUT2D eigenvalue weighted by Crippen LogP contribution is -2.10. The molecule has 3 rings (SSSR count). The van der Waals surface area contributed by atoms with Crippen LogP contribution in [0.1, 0.15) is 35.8 Å². The van der Waals surface area contributed by atoms with Gasteiger partial charge in [-0.3, -0.25) is 4.79 Å². The monoisotopic (exact) mass is 277 g/mol. The van der Waals surface area contributed by atoms with Crippen molar-refractivity contribution in [2.24, 2.45) is 0 Å². The lowest BCUT2D eigenvalue weighted by atomic mass is 10.3. The van der Waals surface area contributed by atoms with Crippen LogP contribution in [0.3, 0.4) is 0 Å². The van der Waals surface area contributed by atoms with Crippen LogP contribution in [0.15, 0.2) is 10.2 Å². The second-order valence-electron chi connectivity index (χ2n) is 4.74. The number of aromatic amines is 1. The van der Waals surface area contributed by atoms with Crippen LogP contribution in [-0.2, 0) is 6.54 Å². The minimum atomic E-state index is -0.0469. The molecule has 0 aromatic carbocycles. The third-order valence-corrected chi connectivity index (χ3v) is 3.88. The highest BCUT2D eigenvalue weighted by atomic mass is 32.1. The number of hydrogen-bond acceptors (Lipinski definition) is 6. The minimum Gasteiger partial charge on any atom is -0.383 e. The van der Waals surface area contributed by atoms with E-state index in [2.05, 4.69) is 20.3 Å². The van der Waals surface area contributed by atoms with Crippen molar-refractivity contribution < 1.29 is 0 Å². The molecular weight excluding hydrogens is 262 g/mol. The van der Waals surface area contributed by atoms with Gasteiger partial charge in [-0.2, -0.15) is 0 Å². The molecule has 1 aliphatic carbocycles. The Bertz CT molecular complexity index is 658. The molecule has 0 radical (unpaired) electrons. The second kappa shape index (κ2) is 4.65. The first-order valence-electron chi connectivity index (χ1n) is 6.18. The highest BCUT2D eigenvalue weighted by molar-refractivity contribution is 7.07. The van der Waals surface area contributed by atoms with Crippen molar-refractivity contribution in [1.82, 2.24) is 15.0 Å². The number of nitrogens with two attached hydrogens (primary N) is 1. The SMILES string of the molecule is Cc1c(N)nc(C2CC2)nc1NCc1csc(=O)[nH]1. The van der Waals surface area contributed by atoms with Gasteiger partial charge in [0.25, 0.3) is 0 Å². The predicted octanol–water partition coefficient (Wildman–Crippen LogP) is 1.61. The Labute approximate surface area is 114 Å². The van der Waals surface area contributed by atoms with E-state index in [0.717, 1.165) is 47.1 Å². The number of nitrogens with zero attached hydrogens (tertiary/aromatic N) is 2. The van der Waals surface area contributed by atoms with E-state index >= 15 is 0 Å². The summed E-state index contributed by atoms with van der Waals surface area (Å²) < 4.78 is 0. The van der Waals surface area contributed by atoms with Crippen LogP contribution >= 0.6 is 11.3 Å². The molecule has 0 aliphatic heterocycles. The highest BCUT2D eigenvalue weighted by Gasteiger charge is 2.27. The first kappa shape index (κ1) is 12.2. The van der Waals surface area contributed by atoms with E-state index < -0.39 is 0 Å². The number of hydrogen-bond donors (Lipinski definition) is 3. The largest absolute Gasteiger partial charge is 0.383 e. The maximum absolute atomic E-state index is 11.1. The van der Waals surface area contributed by atoms with Gasteiger partial charge in [0.1, 0.15) is 17.5 Å². The number of nitrogens with one attached hydrogen (secondary N) is 2. The van der Waals surface area contributed by atoms with Gasteiger partial charge in [0.2, 0.25) is 0 Å². The minimum absolute atomic E-state index is 0.0469. The fourth-order valence-electron chi connectivity index (χ4n) is 1.83. The van der Waals surface area contributed by atoms with E-state index in [9.17, 15) is 4.79 Å². The van der Waals surface area contributed by atoms with Crippen LogP contribution in [0.25, 0.3) is 0 Å². The quantitative estimate of drug-likeness (QED) is 0.789. The van der Waals surface area contributed by atoms with Crippen LogP contribution < -0.4 is 15.9 Å². The van der Waals surface area contributed by atoms with E-state index in [1.165, 1.54) is 0 Å². The Morgan fingerprint density at radius 3 is 2.95 bits per heavy atom. The molecule has 2 aromatic heterocycles. The summed E-state index contributed by atoms with van der Waals surface area (Å²) in [6.07, 6.45) is 2.28. The van der Waals surface area contributed by atoms with Crippen LogP contribution in [0.5, 0.6) is 0 Å². The topological polar surface area (TPSA) is 96.7 Å². The third-order valence-electron chi connectivity index (χ3n) is 3.16. The van der Waals surface area contributed by atoms with E-state index in [1.54, 1.807) is 5.38 Å². The second-order valence-corrected chi connectivity index (χ2v) is 5.58. The average Bonchev–Trinajstić information content (AvgIpc) is 3.15. The van der Waals surface area contributed by atoms with Crippen LogP contribution in [0.4, 0.5) is 11.6 Å². The molecule has 2 aromatic rings. The molecule has 0 atom stereocenters. The molecule has 19 heavy (non-hydrogen) atoms. The summed E-state index contributed by atoms with van der Waals surface area (Å²) in [5.74, 6) is 2.56. The Balaban J connectivity index is 1.81. The molecular formula is C12H15N5OS. The standard InChI is InChI=1S/C12H15N5OS/c1-6-9(13)16-11(7-2-3-7)17-10(6)14-4-8-5-19-12(18)15-8/h5,7H,2-4H2,1H3,(H,15,18)(H3,13,14,16,17). The summed E-state index contributed by atoms with van der Waals surface area (Å²) in [7, 11) is 0. The number of anilines is 2. The van der Waals surface area contributed by atoms with Gasteiger partial charge in [0.15, 0.2) is 0 Å². The maximum atomic E-state index is 11.1. The lowest BCUT2D eigenvalue weighted by molar-refractivity contribution is 0.913. The number of thiazole rings is 1.